The standard InChI is InChI=1S/C25H27N3O4/c1-16-13-19(18(3)28(16)24-14-17(2)32-26-24)7-9-25(29)27-10-4-5-21(27)20-6-8-22-23(15-20)31-12-11-30-22/h6-9,13-15,21H,4-5,10-12H2,1-3H3/b9-7+. The van der Waals surface area contributed by atoms with Crippen LogP contribution in [0.2, 0.25) is 0 Å². The predicted octanol–water partition coefficient (Wildman–Crippen LogP) is 4.54. The minimum absolute atomic E-state index is 0.0180. The molecule has 5 rings (SSSR count). The quantitative estimate of drug-likeness (QED) is 0.565. The molecule has 1 fully saturated rings. The molecule has 0 N–H and O–H groups in total. The van der Waals surface area contributed by atoms with Gasteiger partial charge in [-0.05, 0) is 69.0 Å². The Labute approximate surface area is 187 Å². The zero-order chi connectivity index (χ0) is 22.2. The highest BCUT2D eigenvalue weighted by Crippen LogP contribution is 2.38. The number of fused-ring (bicyclic) bond motifs is 1. The molecule has 1 aromatic carbocycles. The second-order valence-corrected chi connectivity index (χ2v) is 8.38. The van der Waals surface area contributed by atoms with Gasteiger partial charge < -0.3 is 18.9 Å². The van der Waals surface area contributed by atoms with Crippen LogP contribution in [0.3, 0.4) is 0 Å². The minimum atomic E-state index is 0.0180. The molecule has 0 radical (unpaired) electrons. The Bertz CT molecular complexity index is 1190. The monoisotopic (exact) mass is 433 g/mol. The van der Waals surface area contributed by atoms with Crippen LogP contribution in [0.5, 0.6) is 11.5 Å². The summed E-state index contributed by atoms with van der Waals surface area (Å²) in [5.74, 6) is 3.07. The molecular formula is C25H27N3O4. The molecule has 7 heteroatoms. The largest absolute Gasteiger partial charge is 0.486 e. The van der Waals surface area contributed by atoms with Crippen LogP contribution in [0.4, 0.5) is 0 Å². The van der Waals surface area contributed by atoms with Crippen molar-refractivity contribution in [3.63, 3.8) is 0 Å². The smallest absolute Gasteiger partial charge is 0.247 e. The number of nitrogens with zero attached hydrogens (tertiary/aromatic N) is 3. The third kappa shape index (κ3) is 3.68. The van der Waals surface area contributed by atoms with Gasteiger partial charge in [0.2, 0.25) is 5.91 Å². The maximum Gasteiger partial charge on any atom is 0.247 e. The number of amides is 1. The molecule has 3 aromatic rings. The molecule has 2 aliphatic heterocycles. The van der Waals surface area contributed by atoms with Crippen molar-refractivity contribution in [1.82, 2.24) is 14.6 Å². The van der Waals surface area contributed by atoms with Gasteiger partial charge in [0, 0.05) is 30.1 Å². The van der Waals surface area contributed by atoms with Crippen molar-refractivity contribution in [2.45, 2.75) is 39.7 Å². The van der Waals surface area contributed by atoms with E-state index in [0.29, 0.717) is 13.2 Å². The van der Waals surface area contributed by atoms with Gasteiger partial charge in [0.1, 0.15) is 19.0 Å². The number of carbonyl (C=O) groups is 1. The lowest BCUT2D eigenvalue weighted by Crippen LogP contribution is -2.29. The first-order valence-electron chi connectivity index (χ1n) is 11.0. The van der Waals surface area contributed by atoms with Gasteiger partial charge in [-0.3, -0.25) is 9.36 Å². The lowest BCUT2D eigenvalue weighted by atomic mass is 10.0. The van der Waals surface area contributed by atoms with Crippen LogP contribution in [0, 0.1) is 20.8 Å². The van der Waals surface area contributed by atoms with E-state index in [4.69, 9.17) is 14.0 Å². The molecule has 0 spiro atoms. The van der Waals surface area contributed by atoms with Crippen LogP contribution in [0.15, 0.2) is 40.9 Å². The topological polar surface area (TPSA) is 69.7 Å². The van der Waals surface area contributed by atoms with E-state index in [1.165, 1.54) is 0 Å². The van der Waals surface area contributed by atoms with E-state index in [9.17, 15) is 4.79 Å². The van der Waals surface area contributed by atoms with E-state index in [0.717, 1.165) is 65.0 Å². The first kappa shape index (κ1) is 20.4. The Morgan fingerprint density at radius 3 is 2.69 bits per heavy atom. The lowest BCUT2D eigenvalue weighted by molar-refractivity contribution is -0.126. The molecular weight excluding hydrogens is 406 g/mol. The fourth-order valence-electron chi connectivity index (χ4n) is 4.67. The zero-order valence-corrected chi connectivity index (χ0v) is 18.6. The molecule has 1 amide bonds. The first-order valence-corrected chi connectivity index (χ1v) is 11.0. The van der Waals surface area contributed by atoms with Crippen LogP contribution in [-0.4, -0.2) is 40.3 Å². The molecule has 1 atom stereocenters. The Hall–Kier alpha value is -3.48. The summed E-state index contributed by atoms with van der Waals surface area (Å²) >= 11 is 0. The molecule has 0 saturated carbocycles. The van der Waals surface area contributed by atoms with Crippen molar-refractivity contribution in [3.05, 3.63) is 64.7 Å². The van der Waals surface area contributed by atoms with Gasteiger partial charge in [0.15, 0.2) is 17.3 Å². The highest BCUT2D eigenvalue weighted by atomic mass is 16.6. The van der Waals surface area contributed by atoms with Gasteiger partial charge >= 0.3 is 0 Å². The summed E-state index contributed by atoms with van der Waals surface area (Å²) < 4.78 is 18.6. The molecule has 1 saturated heterocycles. The fraction of sp³-hybridized carbons (Fsp3) is 0.360. The Balaban J connectivity index is 1.36. The SMILES string of the molecule is Cc1cc(-n2c(C)cc(/C=C/C(=O)N3CCCC3c3ccc4c(c3)OCCO4)c2C)no1. The van der Waals surface area contributed by atoms with Crippen molar-refractivity contribution in [2.75, 3.05) is 19.8 Å². The summed E-state index contributed by atoms with van der Waals surface area (Å²) in [4.78, 5) is 15.1. The fourth-order valence-corrected chi connectivity index (χ4v) is 4.67. The van der Waals surface area contributed by atoms with Crippen molar-refractivity contribution < 1.29 is 18.8 Å². The van der Waals surface area contributed by atoms with Gasteiger partial charge in [-0.15, -0.1) is 0 Å². The molecule has 4 heterocycles. The number of aromatic nitrogens is 2. The van der Waals surface area contributed by atoms with Gasteiger partial charge in [0.05, 0.1) is 6.04 Å². The van der Waals surface area contributed by atoms with E-state index in [1.807, 2.05) is 60.6 Å². The predicted molar refractivity (Wildman–Crippen MR) is 120 cm³/mol. The summed E-state index contributed by atoms with van der Waals surface area (Å²) in [5, 5.41) is 4.12. The van der Waals surface area contributed by atoms with Gasteiger partial charge in [0.25, 0.3) is 0 Å². The third-order valence-corrected chi connectivity index (χ3v) is 6.21. The van der Waals surface area contributed by atoms with Crippen LogP contribution in [0.1, 0.15) is 47.2 Å². The van der Waals surface area contributed by atoms with Crippen molar-refractivity contribution in [1.29, 1.82) is 0 Å². The number of benzene rings is 1. The van der Waals surface area contributed by atoms with E-state index in [1.54, 1.807) is 6.08 Å². The van der Waals surface area contributed by atoms with Crippen molar-refractivity contribution >= 4 is 12.0 Å². The molecule has 0 aliphatic carbocycles. The van der Waals surface area contributed by atoms with E-state index in [-0.39, 0.29) is 11.9 Å². The normalized spacial score (nSPS) is 18.0. The lowest BCUT2D eigenvalue weighted by Gasteiger charge is -2.26. The van der Waals surface area contributed by atoms with Crippen LogP contribution >= 0.6 is 0 Å². The average molecular weight is 434 g/mol. The second kappa shape index (κ2) is 8.22. The summed E-state index contributed by atoms with van der Waals surface area (Å²) in [5.41, 5.74) is 4.14. The third-order valence-electron chi connectivity index (χ3n) is 6.21. The maximum absolute atomic E-state index is 13.1. The molecule has 0 bridgehead atoms. The molecule has 7 nitrogen and oxygen atoms in total. The summed E-state index contributed by atoms with van der Waals surface area (Å²) in [7, 11) is 0. The van der Waals surface area contributed by atoms with E-state index >= 15 is 0 Å². The maximum atomic E-state index is 13.1. The van der Waals surface area contributed by atoms with Crippen molar-refractivity contribution in [2.24, 2.45) is 0 Å². The Morgan fingerprint density at radius 2 is 1.91 bits per heavy atom. The summed E-state index contributed by atoms with van der Waals surface area (Å²) in [6.45, 7) is 7.79. The number of likely N-dealkylation sites (tertiary alicyclic amines) is 1. The van der Waals surface area contributed by atoms with E-state index in [2.05, 4.69) is 11.2 Å². The molecule has 2 aromatic heterocycles. The molecule has 32 heavy (non-hydrogen) atoms. The number of ether oxygens (including phenoxy) is 2. The number of hydrogen-bond donors (Lipinski definition) is 0. The molecule has 1 unspecified atom stereocenters. The van der Waals surface area contributed by atoms with Crippen LogP contribution < -0.4 is 9.47 Å². The minimum Gasteiger partial charge on any atom is -0.486 e. The number of aryl methyl sites for hydroxylation is 2. The Kier molecular flexibility index (Phi) is 5.25. The zero-order valence-electron chi connectivity index (χ0n) is 18.6. The summed E-state index contributed by atoms with van der Waals surface area (Å²) in [6.07, 6.45) is 5.50. The number of rotatable bonds is 4. The van der Waals surface area contributed by atoms with Gasteiger partial charge in [-0.2, -0.15) is 0 Å². The van der Waals surface area contributed by atoms with Crippen LogP contribution in [0.25, 0.3) is 11.9 Å². The Morgan fingerprint density at radius 1 is 1.09 bits per heavy atom. The number of carbonyl (C=O) groups excluding carboxylic acids is 1. The van der Waals surface area contributed by atoms with E-state index < -0.39 is 0 Å². The second-order valence-electron chi connectivity index (χ2n) is 8.38. The highest BCUT2D eigenvalue weighted by molar-refractivity contribution is 5.92. The first-order chi connectivity index (χ1) is 15.5. The highest BCUT2D eigenvalue weighted by Gasteiger charge is 2.30. The molecule has 2 aliphatic rings. The van der Waals surface area contributed by atoms with Gasteiger partial charge in [-0.1, -0.05) is 11.2 Å². The molecule has 166 valence electrons. The number of hydrogen-bond acceptors (Lipinski definition) is 5. The van der Waals surface area contributed by atoms with Crippen molar-refractivity contribution in [3.8, 4) is 17.3 Å². The van der Waals surface area contributed by atoms with Gasteiger partial charge in [-0.25, -0.2) is 0 Å². The average Bonchev–Trinajstić information content (AvgIpc) is 3.51. The van der Waals surface area contributed by atoms with Crippen LogP contribution in [-0.2, 0) is 4.79 Å². The summed E-state index contributed by atoms with van der Waals surface area (Å²) in [6, 6.07) is 10.0.